The van der Waals surface area contributed by atoms with Gasteiger partial charge in [0.15, 0.2) is 5.65 Å². The molecule has 0 radical (unpaired) electrons. The zero-order valence-electron chi connectivity index (χ0n) is 13.4. The summed E-state index contributed by atoms with van der Waals surface area (Å²) in [6, 6.07) is 5.30. The minimum absolute atomic E-state index is 0.179. The van der Waals surface area contributed by atoms with Crippen molar-refractivity contribution in [1.29, 1.82) is 0 Å². The van der Waals surface area contributed by atoms with Crippen molar-refractivity contribution in [1.82, 2.24) is 24.8 Å². The number of likely N-dealkylation sites (tertiary alicyclic amines) is 1. The van der Waals surface area contributed by atoms with E-state index in [0.29, 0.717) is 30.1 Å². The molecule has 0 bridgehead atoms. The van der Waals surface area contributed by atoms with E-state index in [0.717, 1.165) is 5.52 Å². The molecular weight excluding hydrogens is 328 g/mol. The second-order valence-corrected chi connectivity index (χ2v) is 6.08. The highest BCUT2D eigenvalue weighted by Crippen LogP contribution is 2.21. The van der Waals surface area contributed by atoms with Crippen molar-refractivity contribution in [3.63, 3.8) is 0 Å². The second kappa shape index (κ2) is 6.81. The molecule has 1 aliphatic rings. The molecule has 4 heterocycles. The molecule has 25 heavy (non-hydrogen) atoms. The first kappa shape index (κ1) is 16.0. The highest BCUT2D eigenvalue weighted by atomic mass is 19.1. The summed E-state index contributed by atoms with van der Waals surface area (Å²) < 4.78 is 33.6. The van der Waals surface area contributed by atoms with Crippen molar-refractivity contribution in [2.24, 2.45) is 0 Å². The molecule has 130 valence electrons. The van der Waals surface area contributed by atoms with Crippen molar-refractivity contribution in [2.45, 2.75) is 25.4 Å². The van der Waals surface area contributed by atoms with Crippen LogP contribution in [0.4, 0.5) is 8.78 Å². The molecule has 0 aliphatic carbocycles. The SMILES string of the molecule is Fc1cnccc1CN1C[C@@H](F)[C@@H](OCc2nc3ncccc3[nH]2)C1. The summed E-state index contributed by atoms with van der Waals surface area (Å²) in [5, 5.41) is 0. The van der Waals surface area contributed by atoms with Crippen LogP contribution in [0, 0.1) is 5.82 Å². The number of nitrogens with zero attached hydrogens (tertiary/aromatic N) is 4. The minimum Gasteiger partial charge on any atom is -0.366 e. The second-order valence-electron chi connectivity index (χ2n) is 6.08. The molecule has 4 rings (SSSR count). The molecule has 1 N–H and O–H groups in total. The molecule has 3 aromatic heterocycles. The summed E-state index contributed by atoms with van der Waals surface area (Å²) in [5.41, 5.74) is 1.93. The van der Waals surface area contributed by atoms with Crippen LogP contribution < -0.4 is 0 Å². The Morgan fingerprint density at radius 3 is 3.04 bits per heavy atom. The first-order valence-corrected chi connectivity index (χ1v) is 8.05. The fourth-order valence-electron chi connectivity index (χ4n) is 3.02. The minimum atomic E-state index is -1.12. The molecule has 1 fully saturated rings. The molecule has 1 aliphatic heterocycles. The maximum absolute atomic E-state index is 14.2. The lowest BCUT2D eigenvalue weighted by Gasteiger charge is -2.15. The predicted octanol–water partition coefficient (Wildman–Crippen LogP) is 2.23. The highest BCUT2D eigenvalue weighted by molar-refractivity contribution is 5.69. The van der Waals surface area contributed by atoms with Gasteiger partial charge in [-0.25, -0.2) is 18.7 Å². The topological polar surface area (TPSA) is 66.9 Å². The zero-order valence-corrected chi connectivity index (χ0v) is 13.4. The van der Waals surface area contributed by atoms with Gasteiger partial charge in [0.1, 0.15) is 30.5 Å². The van der Waals surface area contributed by atoms with Crippen molar-refractivity contribution < 1.29 is 13.5 Å². The number of H-pyrrole nitrogens is 1. The number of aromatic amines is 1. The molecule has 0 saturated carbocycles. The van der Waals surface area contributed by atoms with E-state index in [9.17, 15) is 8.78 Å². The van der Waals surface area contributed by atoms with Gasteiger partial charge in [-0.15, -0.1) is 0 Å². The van der Waals surface area contributed by atoms with Gasteiger partial charge in [-0.1, -0.05) is 0 Å². The lowest BCUT2D eigenvalue weighted by Crippen LogP contribution is -2.24. The van der Waals surface area contributed by atoms with Crippen molar-refractivity contribution >= 4 is 11.2 Å². The molecule has 0 aromatic carbocycles. The number of hydrogen-bond donors (Lipinski definition) is 1. The number of fused-ring (bicyclic) bond motifs is 1. The monoisotopic (exact) mass is 345 g/mol. The van der Waals surface area contributed by atoms with Gasteiger partial charge in [0.25, 0.3) is 0 Å². The average molecular weight is 345 g/mol. The van der Waals surface area contributed by atoms with E-state index in [4.69, 9.17) is 4.74 Å². The van der Waals surface area contributed by atoms with Gasteiger partial charge in [-0.2, -0.15) is 0 Å². The Hall–Kier alpha value is -2.45. The summed E-state index contributed by atoms with van der Waals surface area (Å²) >= 11 is 0. The molecule has 1 saturated heterocycles. The number of halogens is 2. The quantitative estimate of drug-likeness (QED) is 0.768. The Balaban J connectivity index is 1.36. The van der Waals surface area contributed by atoms with Crippen LogP contribution in [-0.2, 0) is 17.9 Å². The molecule has 3 aromatic rings. The van der Waals surface area contributed by atoms with E-state index in [1.54, 1.807) is 12.3 Å². The van der Waals surface area contributed by atoms with Crippen LogP contribution in [0.2, 0.25) is 0 Å². The number of ether oxygens (including phenoxy) is 1. The van der Waals surface area contributed by atoms with E-state index >= 15 is 0 Å². The van der Waals surface area contributed by atoms with Crippen LogP contribution in [0.1, 0.15) is 11.4 Å². The first-order chi connectivity index (χ1) is 12.2. The maximum Gasteiger partial charge on any atom is 0.177 e. The van der Waals surface area contributed by atoms with Crippen LogP contribution in [0.25, 0.3) is 11.2 Å². The van der Waals surface area contributed by atoms with Crippen molar-refractivity contribution in [2.75, 3.05) is 13.1 Å². The molecular formula is C17H17F2N5O. The number of hydrogen-bond acceptors (Lipinski definition) is 5. The summed E-state index contributed by atoms with van der Waals surface area (Å²) in [6.45, 7) is 1.14. The zero-order chi connectivity index (χ0) is 17.2. The predicted molar refractivity (Wildman–Crippen MR) is 86.8 cm³/mol. The van der Waals surface area contributed by atoms with Gasteiger partial charge in [-0.3, -0.25) is 9.88 Å². The summed E-state index contributed by atoms with van der Waals surface area (Å²) in [6.07, 6.45) is 2.68. The van der Waals surface area contributed by atoms with Crippen LogP contribution >= 0.6 is 0 Å². The van der Waals surface area contributed by atoms with Crippen molar-refractivity contribution in [3.05, 3.63) is 54.0 Å². The molecule has 8 heteroatoms. The van der Waals surface area contributed by atoms with Crippen LogP contribution in [0.15, 0.2) is 36.8 Å². The van der Waals surface area contributed by atoms with E-state index in [1.807, 2.05) is 17.0 Å². The normalized spacial score (nSPS) is 21.2. The number of rotatable bonds is 5. The molecule has 0 unspecified atom stereocenters. The lowest BCUT2D eigenvalue weighted by atomic mass is 10.2. The number of aromatic nitrogens is 4. The Labute approximate surface area is 142 Å². The smallest absolute Gasteiger partial charge is 0.177 e. The fraction of sp³-hybridized carbons (Fsp3) is 0.353. The lowest BCUT2D eigenvalue weighted by molar-refractivity contribution is 0.00861. The summed E-state index contributed by atoms with van der Waals surface area (Å²) in [5.74, 6) is 0.233. The van der Waals surface area contributed by atoms with Gasteiger partial charge in [0.2, 0.25) is 0 Å². The van der Waals surface area contributed by atoms with Gasteiger partial charge in [-0.05, 0) is 18.2 Å². The van der Waals surface area contributed by atoms with Gasteiger partial charge in [0, 0.05) is 37.6 Å². The fourth-order valence-corrected chi connectivity index (χ4v) is 3.02. The number of imidazole rings is 1. The number of pyridine rings is 2. The highest BCUT2D eigenvalue weighted by Gasteiger charge is 2.34. The van der Waals surface area contributed by atoms with E-state index in [1.165, 1.54) is 12.4 Å². The Morgan fingerprint density at radius 1 is 1.28 bits per heavy atom. The van der Waals surface area contributed by atoms with E-state index in [-0.39, 0.29) is 19.0 Å². The molecule has 6 nitrogen and oxygen atoms in total. The Bertz CT molecular complexity index is 838. The maximum atomic E-state index is 14.2. The first-order valence-electron chi connectivity index (χ1n) is 8.05. The standard InChI is InChI=1S/C17H17F2N5O/c18-12-6-20-5-3-11(12)7-24-8-13(19)15(9-24)25-10-16-22-14-2-1-4-21-17(14)23-16/h1-6,13,15H,7-10H2,(H,21,22,23)/t13-,15+/m1/s1. The van der Waals surface area contributed by atoms with Crippen molar-refractivity contribution in [3.8, 4) is 0 Å². The number of alkyl halides is 1. The van der Waals surface area contributed by atoms with Gasteiger partial charge < -0.3 is 9.72 Å². The molecule has 0 spiro atoms. The van der Waals surface area contributed by atoms with Crippen LogP contribution in [-0.4, -0.2) is 50.2 Å². The largest absolute Gasteiger partial charge is 0.366 e. The summed E-state index contributed by atoms with van der Waals surface area (Å²) in [7, 11) is 0. The third kappa shape index (κ3) is 3.49. The molecule has 0 amide bonds. The summed E-state index contributed by atoms with van der Waals surface area (Å²) in [4.78, 5) is 17.1. The Kier molecular flexibility index (Phi) is 4.37. The average Bonchev–Trinajstić information content (AvgIpc) is 3.18. The van der Waals surface area contributed by atoms with Gasteiger partial charge in [0.05, 0.1) is 11.7 Å². The Morgan fingerprint density at radius 2 is 2.20 bits per heavy atom. The third-order valence-electron chi connectivity index (χ3n) is 4.27. The third-order valence-corrected chi connectivity index (χ3v) is 4.27. The van der Waals surface area contributed by atoms with Crippen LogP contribution in [0.5, 0.6) is 0 Å². The van der Waals surface area contributed by atoms with E-state index < -0.39 is 12.3 Å². The number of nitrogens with one attached hydrogen (secondary N) is 1. The molecule has 2 atom stereocenters. The van der Waals surface area contributed by atoms with Gasteiger partial charge >= 0.3 is 0 Å². The van der Waals surface area contributed by atoms with Crippen LogP contribution in [0.3, 0.4) is 0 Å². The van der Waals surface area contributed by atoms with E-state index in [2.05, 4.69) is 19.9 Å².